The number of nitrogens with one attached hydrogen (secondary N) is 2. The average Bonchev–Trinajstić information content (AvgIpc) is 3.02. The maximum absolute atomic E-state index is 5.98. The molecule has 0 saturated carbocycles. The number of rotatable bonds is 11. The summed E-state index contributed by atoms with van der Waals surface area (Å²) in [5.41, 5.74) is 2.30. The van der Waals surface area contributed by atoms with E-state index >= 15 is 0 Å². The van der Waals surface area contributed by atoms with Crippen molar-refractivity contribution >= 4 is 5.96 Å². The normalized spacial score (nSPS) is 14.0. The number of aromatic nitrogens is 3. The Bertz CT molecular complexity index is 864. The Balaban J connectivity index is 1.44. The number of hydrogen-bond donors (Lipinski definition) is 2. The van der Waals surface area contributed by atoms with E-state index in [-0.39, 0.29) is 0 Å². The van der Waals surface area contributed by atoms with Crippen LogP contribution in [-0.4, -0.2) is 54.6 Å². The van der Waals surface area contributed by atoms with Crippen LogP contribution in [0.2, 0.25) is 0 Å². The van der Waals surface area contributed by atoms with Crippen molar-refractivity contribution < 1.29 is 9.47 Å². The fourth-order valence-corrected chi connectivity index (χ4v) is 3.91. The number of hydrogen-bond acceptors (Lipinski definition) is 5. The van der Waals surface area contributed by atoms with Crippen LogP contribution in [0.4, 0.5) is 0 Å². The van der Waals surface area contributed by atoms with E-state index in [1.54, 1.807) is 14.2 Å². The molecule has 0 saturated heterocycles. The van der Waals surface area contributed by atoms with Gasteiger partial charge >= 0.3 is 0 Å². The quantitative estimate of drug-likeness (QED) is 0.316. The molecule has 32 heavy (non-hydrogen) atoms. The van der Waals surface area contributed by atoms with Gasteiger partial charge in [0.15, 0.2) is 5.96 Å². The lowest BCUT2D eigenvalue weighted by Crippen LogP contribution is -2.37. The first kappa shape index (κ1) is 24.0. The minimum absolute atomic E-state index is 0.642. The Morgan fingerprint density at radius 1 is 1.12 bits per heavy atom. The summed E-state index contributed by atoms with van der Waals surface area (Å²) in [4.78, 5) is 4.36. The summed E-state index contributed by atoms with van der Waals surface area (Å²) in [5, 5.41) is 15.6. The number of benzene rings is 1. The van der Waals surface area contributed by atoms with Crippen molar-refractivity contribution in [2.45, 2.75) is 65.0 Å². The number of methoxy groups -OCH3 is 1. The first-order chi connectivity index (χ1) is 15.7. The standard InChI is InChI=1S/C24H38N6O2/c1-19-11-12-20(21(17-19)32-16-8-15-31-3)18-27-24(25-2)26-13-7-10-23-29-28-22-9-5-4-6-14-30(22)23/h11-12,17H,4-10,13-16,18H2,1-3H3,(H2,25,26,27). The van der Waals surface area contributed by atoms with Gasteiger partial charge in [-0.05, 0) is 37.8 Å². The fraction of sp³-hybridized carbons (Fsp3) is 0.625. The summed E-state index contributed by atoms with van der Waals surface area (Å²) < 4.78 is 13.4. The molecule has 1 aromatic carbocycles. The molecule has 0 spiro atoms. The molecule has 8 nitrogen and oxygen atoms in total. The molecule has 0 aliphatic carbocycles. The second-order valence-corrected chi connectivity index (χ2v) is 8.26. The highest BCUT2D eigenvalue weighted by Crippen LogP contribution is 2.20. The van der Waals surface area contributed by atoms with E-state index in [4.69, 9.17) is 9.47 Å². The van der Waals surface area contributed by atoms with Gasteiger partial charge in [0.1, 0.15) is 17.4 Å². The van der Waals surface area contributed by atoms with Crippen LogP contribution in [0.5, 0.6) is 5.75 Å². The molecular formula is C24H38N6O2. The molecule has 8 heteroatoms. The topological polar surface area (TPSA) is 85.6 Å². The van der Waals surface area contributed by atoms with Crippen molar-refractivity contribution in [2.24, 2.45) is 4.99 Å². The Kier molecular flexibility index (Phi) is 9.81. The molecule has 0 amide bonds. The molecule has 1 aliphatic heterocycles. The highest BCUT2D eigenvalue weighted by Gasteiger charge is 2.14. The molecule has 2 heterocycles. The van der Waals surface area contributed by atoms with E-state index in [9.17, 15) is 0 Å². The number of aryl methyl sites for hydroxylation is 3. The molecule has 0 unspecified atom stereocenters. The lowest BCUT2D eigenvalue weighted by molar-refractivity contribution is 0.171. The second-order valence-electron chi connectivity index (χ2n) is 8.26. The van der Waals surface area contributed by atoms with Gasteiger partial charge in [-0.3, -0.25) is 4.99 Å². The highest BCUT2D eigenvalue weighted by molar-refractivity contribution is 5.79. The van der Waals surface area contributed by atoms with Crippen molar-refractivity contribution in [1.29, 1.82) is 0 Å². The number of nitrogens with zero attached hydrogens (tertiary/aromatic N) is 4. The van der Waals surface area contributed by atoms with Gasteiger partial charge in [-0.15, -0.1) is 10.2 Å². The van der Waals surface area contributed by atoms with Crippen LogP contribution >= 0.6 is 0 Å². The summed E-state index contributed by atoms with van der Waals surface area (Å²) >= 11 is 0. The summed E-state index contributed by atoms with van der Waals surface area (Å²) in [6, 6.07) is 6.30. The van der Waals surface area contributed by atoms with Crippen LogP contribution in [0.1, 0.15) is 54.9 Å². The maximum atomic E-state index is 5.98. The van der Waals surface area contributed by atoms with E-state index < -0.39 is 0 Å². The van der Waals surface area contributed by atoms with Crippen LogP contribution < -0.4 is 15.4 Å². The lowest BCUT2D eigenvalue weighted by atomic mass is 10.1. The summed E-state index contributed by atoms with van der Waals surface area (Å²) in [7, 11) is 3.51. The molecule has 0 radical (unpaired) electrons. The van der Waals surface area contributed by atoms with E-state index in [1.807, 2.05) is 0 Å². The third-order valence-electron chi connectivity index (χ3n) is 5.70. The predicted molar refractivity (Wildman–Crippen MR) is 127 cm³/mol. The molecule has 176 valence electrons. The van der Waals surface area contributed by atoms with E-state index in [0.717, 1.165) is 67.7 Å². The van der Waals surface area contributed by atoms with Gasteiger partial charge in [-0.2, -0.15) is 0 Å². The van der Waals surface area contributed by atoms with Gasteiger partial charge in [0.05, 0.1) is 6.61 Å². The smallest absolute Gasteiger partial charge is 0.191 e. The highest BCUT2D eigenvalue weighted by atomic mass is 16.5. The SMILES string of the molecule is CN=C(NCCCc1nnc2n1CCCCC2)NCc1ccc(C)cc1OCCCOC. The van der Waals surface area contributed by atoms with Crippen LogP contribution in [0.25, 0.3) is 0 Å². The zero-order valence-electron chi connectivity index (χ0n) is 19.8. The van der Waals surface area contributed by atoms with Crippen molar-refractivity contribution in [3.05, 3.63) is 41.0 Å². The number of guanidine groups is 1. The van der Waals surface area contributed by atoms with Gasteiger partial charge in [-0.25, -0.2) is 0 Å². The molecule has 2 N–H and O–H groups in total. The number of ether oxygens (including phenoxy) is 2. The van der Waals surface area contributed by atoms with Crippen LogP contribution in [0.3, 0.4) is 0 Å². The fourth-order valence-electron chi connectivity index (χ4n) is 3.91. The third kappa shape index (κ3) is 7.22. The predicted octanol–water partition coefficient (Wildman–Crippen LogP) is 3.03. The molecular weight excluding hydrogens is 404 g/mol. The Morgan fingerprint density at radius 2 is 2.03 bits per heavy atom. The Morgan fingerprint density at radius 3 is 2.88 bits per heavy atom. The monoisotopic (exact) mass is 442 g/mol. The Labute approximate surface area is 191 Å². The van der Waals surface area contributed by atoms with E-state index in [1.165, 1.54) is 24.8 Å². The summed E-state index contributed by atoms with van der Waals surface area (Å²) in [5.74, 6) is 3.97. The zero-order chi connectivity index (χ0) is 22.6. The number of aliphatic imine (C=N–C) groups is 1. The summed E-state index contributed by atoms with van der Waals surface area (Å²) in [6.07, 6.45) is 7.57. The molecule has 0 fully saturated rings. The maximum Gasteiger partial charge on any atom is 0.191 e. The van der Waals surface area contributed by atoms with Gasteiger partial charge in [-0.1, -0.05) is 18.6 Å². The van der Waals surface area contributed by atoms with Crippen LogP contribution in [0, 0.1) is 6.92 Å². The van der Waals surface area contributed by atoms with E-state index in [0.29, 0.717) is 19.8 Å². The second kappa shape index (κ2) is 13.1. The lowest BCUT2D eigenvalue weighted by Gasteiger charge is -2.15. The Hall–Kier alpha value is -2.61. The van der Waals surface area contributed by atoms with Crippen LogP contribution in [-0.2, 0) is 30.7 Å². The van der Waals surface area contributed by atoms with Gasteiger partial charge < -0.3 is 24.7 Å². The van der Waals surface area contributed by atoms with Crippen molar-refractivity contribution in [3.8, 4) is 5.75 Å². The molecule has 1 aromatic heterocycles. The number of fused-ring (bicyclic) bond motifs is 1. The minimum atomic E-state index is 0.642. The van der Waals surface area contributed by atoms with Crippen LogP contribution in [0.15, 0.2) is 23.2 Å². The molecule has 0 atom stereocenters. The largest absolute Gasteiger partial charge is 0.493 e. The van der Waals surface area contributed by atoms with Gasteiger partial charge in [0.25, 0.3) is 0 Å². The first-order valence-corrected chi connectivity index (χ1v) is 11.8. The minimum Gasteiger partial charge on any atom is -0.493 e. The van der Waals surface area contributed by atoms with Crippen molar-refractivity contribution in [1.82, 2.24) is 25.4 Å². The zero-order valence-corrected chi connectivity index (χ0v) is 19.8. The molecule has 2 aromatic rings. The van der Waals surface area contributed by atoms with E-state index in [2.05, 4.69) is 55.5 Å². The molecule has 3 rings (SSSR count). The average molecular weight is 443 g/mol. The molecule has 1 aliphatic rings. The summed E-state index contributed by atoms with van der Waals surface area (Å²) in [6.45, 7) is 5.96. The van der Waals surface area contributed by atoms with Gasteiger partial charge in [0, 0.05) is 65.2 Å². The third-order valence-corrected chi connectivity index (χ3v) is 5.70. The van der Waals surface area contributed by atoms with Gasteiger partial charge in [0.2, 0.25) is 0 Å². The first-order valence-electron chi connectivity index (χ1n) is 11.8. The van der Waals surface area contributed by atoms with Crippen molar-refractivity contribution in [3.63, 3.8) is 0 Å². The van der Waals surface area contributed by atoms with Crippen molar-refractivity contribution in [2.75, 3.05) is 33.9 Å². The molecule has 0 bridgehead atoms.